The fraction of sp³-hybridized carbons (Fsp3) is 0.462. The Kier molecular flexibility index (Phi) is 4.07. The first kappa shape index (κ1) is 12.7. The van der Waals surface area contributed by atoms with Crippen LogP contribution in [0.15, 0.2) is 24.3 Å². The molecule has 0 atom stereocenters. The molecule has 0 aliphatic heterocycles. The summed E-state index contributed by atoms with van der Waals surface area (Å²) in [5.41, 5.74) is 1.95. The van der Waals surface area contributed by atoms with Crippen LogP contribution >= 0.6 is 0 Å². The predicted molar refractivity (Wildman–Crippen MR) is 67.6 cm³/mol. The van der Waals surface area contributed by atoms with Crippen LogP contribution in [0.4, 0.5) is 5.69 Å². The fourth-order valence-corrected chi connectivity index (χ4v) is 1.27. The van der Waals surface area contributed by atoms with E-state index in [1.54, 1.807) is 0 Å². The highest BCUT2D eigenvalue weighted by atomic mass is 16.1. The highest BCUT2D eigenvalue weighted by molar-refractivity contribution is 5.92. The first-order valence-corrected chi connectivity index (χ1v) is 5.48. The average Bonchev–Trinajstić information content (AvgIpc) is 2.14. The minimum Gasteiger partial charge on any atom is -0.325 e. The molecule has 1 aromatic carbocycles. The average molecular weight is 220 g/mol. The third-order valence-corrected chi connectivity index (χ3v) is 2.08. The molecule has 1 aromatic rings. The summed E-state index contributed by atoms with van der Waals surface area (Å²) in [6.07, 6.45) is 0. The highest BCUT2D eigenvalue weighted by Crippen LogP contribution is 2.09. The Morgan fingerprint density at radius 3 is 2.56 bits per heavy atom. The predicted octanol–water partition coefficient (Wildman–Crippen LogP) is 2.32. The van der Waals surface area contributed by atoms with Gasteiger partial charge in [-0.3, -0.25) is 4.79 Å². The standard InChI is InChI=1S/C13H20N2O/c1-10-6-5-7-11(8-10)15-12(16)9-14-13(2,3)4/h5-8,14H,9H2,1-4H3,(H,15,16). The number of carbonyl (C=O) groups excluding carboxylic acids is 1. The summed E-state index contributed by atoms with van der Waals surface area (Å²) < 4.78 is 0. The summed E-state index contributed by atoms with van der Waals surface area (Å²) in [6.45, 7) is 8.44. The van der Waals surface area contributed by atoms with Crippen molar-refractivity contribution in [2.24, 2.45) is 0 Å². The van der Waals surface area contributed by atoms with E-state index in [0.717, 1.165) is 11.3 Å². The summed E-state index contributed by atoms with van der Waals surface area (Å²) in [6, 6.07) is 7.78. The summed E-state index contributed by atoms with van der Waals surface area (Å²) in [7, 11) is 0. The fourth-order valence-electron chi connectivity index (χ4n) is 1.27. The zero-order valence-corrected chi connectivity index (χ0v) is 10.4. The second-order valence-corrected chi connectivity index (χ2v) is 5.02. The second-order valence-electron chi connectivity index (χ2n) is 5.02. The largest absolute Gasteiger partial charge is 0.325 e. The maximum Gasteiger partial charge on any atom is 0.238 e. The van der Waals surface area contributed by atoms with Gasteiger partial charge >= 0.3 is 0 Å². The molecule has 3 heteroatoms. The zero-order valence-electron chi connectivity index (χ0n) is 10.4. The highest BCUT2D eigenvalue weighted by Gasteiger charge is 2.11. The van der Waals surface area contributed by atoms with Gasteiger partial charge < -0.3 is 10.6 Å². The molecular weight excluding hydrogens is 200 g/mol. The summed E-state index contributed by atoms with van der Waals surface area (Å²) >= 11 is 0. The first-order valence-electron chi connectivity index (χ1n) is 5.48. The van der Waals surface area contributed by atoms with Crippen molar-refractivity contribution in [2.75, 3.05) is 11.9 Å². The number of amides is 1. The van der Waals surface area contributed by atoms with E-state index in [0.29, 0.717) is 6.54 Å². The van der Waals surface area contributed by atoms with Gasteiger partial charge in [0.1, 0.15) is 0 Å². The van der Waals surface area contributed by atoms with Gasteiger partial charge in [0.05, 0.1) is 6.54 Å². The number of hydrogen-bond donors (Lipinski definition) is 2. The molecule has 0 heterocycles. The van der Waals surface area contributed by atoms with Gasteiger partial charge in [0, 0.05) is 11.2 Å². The van der Waals surface area contributed by atoms with Crippen LogP contribution in [-0.2, 0) is 4.79 Å². The van der Waals surface area contributed by atoms with Gasteiger partial charge in [0.25, 0.3) is 0 Å². The Labute approximate surface area is 97.2 Å². The third-order valence-electron chi connectivity index (χ3n) is 2.08. The van der Waals surface area contributed by atoms with Gasteiger partial charge in [-0.2, -0.15) is 0 Å². The molecular formula is C13H20N2O. The number of hydrogen-bond acceptors (Lipinski definition) is 2. The molecule has 0 fully saturated rings. The first-order chi connectivity index (χ1) is 7.37. The molecule has 1 rings (SSSR count). The second kappa shape index (κ2) is 5.12. The van der Waals surface area contributed by atoms with Crippen LogP contribution in [0.3, 0.4) is 0 Å². The maximum atomic E-state index is 11.6. The molecule has 0 bridgehead atoms. The zero-order chi connectivity index (χ0) is 12.2. The Hall–Kier alpha value is -1.35. The topological polar surface area (TPSA) is 41.1 Å². The smallest absolute Gasteiger partial charge is 0.238 e. The van der Waals surface area contributed by atoms with E-state index in [-0.39, 0.29) is 11.4 Å². The molecule has 0 saturated heterocycles. The Balaban J connectivity index is 2.46. The molecule has 0 aliphatic carbocycles. The van der Waals surface area contributed by atoms with Crippen LogP contribution in [-0.4, -0.2) is 18.0 Å². The summed E-state index contributed by atoms with van der Waals surface area (Å²) in [4.78, 5) is 11.6. The van der Waals surface area contributed by atoms with Crippen LogP contribution in [0.5, 0.6) is 0 Å². The Morgan fingerprint density at radius 1 is 1.31 bits per heavy atom. The lowest BCUT2D eigenvalue weighted by molar-refractivity contribution is -0.115. The molecule has 1 amide bonds. The molecule has 3 nitrogen and oxygen atoms in total. The molecule has 0 radical (unpaired) electrons. The van der Waals surface area contributed by atoms with E-state index in [2.05, 4.69) is 10.6 Å². The van der Waals surface area contributed by atoms with Crippen molar-refractivity contribution in [3.8, 4) is 0 Å². The molecule has 0 spiro atoms. The lowest BCUT2D eigenvalue weighted by Gasteiger charge is -2.20. The SMILES string of the molecule is Cc1cccc(NC(=O)CNC(C)(C)C)c1. The van der Waals surface area contributed by atoms with Gasteiger partial charge in [-0.1, -0.05) is 12.1 Å². The minimum atomic E-state index is -0.0378. The van der Waals surface area contributed by atoms with Crippen molar-refractivity contribution >= 4 is 11.6 Å². The van der Waals surface area contributed by atoms with E-state index >= 15 is 0 Å². The number of rotatable bonds is 3. The number of aryl methyl sites for hydroxylation is 1. The normalized spacial score (nSPS) is 11.2. The molecule has 0 unspecified atom stereocenters. The van der Waals surface area contributed by atoms with Crippen molar-refractivity contribution in [3.63, 3.8) is 0 Å². The van der Waals surface area contributed by atoms with E-state index in [9.17, 15) is 4.79 Å². The van der Waals surface area contributed by atoms with Gasteiger partial charge in [0.2, 0.25) is 5.91 Å². The van der Waals surface area contributed by atoms with Crippen molar-refractivity contribution < 1.29 is 4.79 Å². The molecule has 0 aromatic heterocycles. The van der Waals surface area contributed by atoms with Crippen LogP contribution in [0.25, 0.3) is 0 Å². The molecule has 88 valence electrons. The van der Waals surface area contributed by atoms with Crippen molar-refractivity contribution in [2.45, 2.75) is 33.2 Å². The van der Waals surface area contributed by atoms with E-state index in [1.165, 1.54) is 0 Å². The molecule has 16 heavy (non-hydrogen) atoms. The van der Waals surface area contributed by atoms with Gasteiger partial charge in [0.15, 0.2) is 0 Å². The molecule has 2 N–H and O–H groups in total. The Bertz CT molecular complexity index is 366. The quantitative estimate of drug-likeness (QED) is 0.820. The van der Waals surface area contributed by atoms with Gasteiger partial charge in [-0.05, 0) is 45.4 Å². The minimum absolute atomic E-state index is 0.0134. The maximum absolute atomic E-state index is 11.6. The van der Waals surface area contributed by atoms with Gasteiger partial charge in [-0.15, -0.1) is 0 Å². The number of carbonyl (C=O) groups is 1. The van der Waals surface area contributed by atoms with Crippen molar-refractivity contribution in [1.82, 2.24) is 5.32 Å². The number of nitrogens with one attached hydrogen (secondary N) is 2. The lowest BCUT2D eigenvalue weighted by atomic mass is 10.1. The summed E-state index contributed by atoms with van der Waals surface area (Å²) in [5.74, 6) is -0.0134. The van der Waals surface area contributed by atoms with Crippen LogP contribution in [0, 0.1) is 6.92 Å². The molecule has 0 aliphatic rings. The lowest BCUT2D eigenvalue weighted by Crippen LogP contribution is -2.41. The third kappa shape index (κ3) is 4.94. The Morgan fingerprint density at radius 2 is 2.00 bits per heavy atom. The van der Waals surface area contributed by atoms with Crippen molar-refractivity contribution in [3.05, 3.63) is 29.8 Å². The van der Waals surface area contributed by atoms with E-state index in [1.807, 2.05) is 52.0 Å². The van der Waals surface area contributed by atoms with Crippen LogP contribution in [0.1, 0.15) is 26.3 Å². The van der Waals surface area contributed by atoms with E-state index < -0.39 is 0 Å². The number of benzene rings is 1. The van der Waals surface area contributed by atoms with E-state index in [4.69, 9.17) is 0 Å². The van der Waals surface area contributed by atoms with Crippen LogP contribution < -0.4 is 10.6 Å². The van der Waals surface area contributed by atoms with Crippen LogP contribution in [0.2, 0.25) is 0 Å². The van der Waals surface area contributed by atoms with Crippen molar-refractivity contribution in [1.29, 1.82) is 0 Å². The van der Waals surface area contributed by atoms with Gasteiger partial charge in [-0.25, -0.2) is 0 Å². The molecule has 0 saturated carbocycles. The monoisotopic (exact) mass is 220 g/mol. The summed E-state index contributed by atoms with van der Waals surface area (Å²) in [5, 5.41) is 6.00. The number of anilines is 1.